The number of nitrogens with zero attached hydrogens (tertiary/aromatic N) is 4. The molecule has 0 saturated carbocycles. The third-order valence-corrected chi connectivity index (χ3v) is 4.65. The SMILES string of the molecule is CCN1CCN(CC(=O)N2CCC[C@H]2c2cc(C)no2)C(=O)C1=O. The Hall–Kier alpha value is -2.38. The van der Waals surface area contributed by atoms with Crippen LogP contribution in [0.1, 0.15) is 37.3 Å². The maximum Gasteiger partial charge on any atom is 0.312 e. The molecule has 8 nitrogen and oxygen atoms in total. The van der Waals surface area contributed by atoms with E-state index in [-0.39, 0.29) is 18.5 Å². The third-order valence-electron chi connectivity index (χ3n) is 4.65. The Morgan fingerprint density at radius 1 is 1.25 bits per heavy atom. The van der Waals surface area contributed by atoms with Crippen LogP contribution in [0.2, 0.25) is 0 Å². The smallest absolute Gasteiger partial charge is 0.312 e. The van der Waals surface area contributed by atoms with E-state index in [0.29, 0.717) is 31.9 Å². The number of piperazine rings is 1. The monoisotopic (exact) mass is 334 g/mol. The summed E-state index contributed by atoms with van der Waals surface area (Å²) in [7, 11) is 0. The zero-order valence-corrected chi connectivity index (χ0v) is 14.0. The largest absolute Gasteiger partial charge is 0.359 e. The van der Waals surface area contributed by atoms with Gasteiger partial charge in [0.05, 0.1) is 11.7 Å². The van der Waals surface area contributed by atoms with Crippen molar-refractivity contribution in [3.05, 3.63) is 17.5 Å². The van der Waals surface area contributed by atoms with Crippen molar-refractivity contribution in [2.75, 3.05) is 32.7 Å². The molecule has 1 aromatic rings. The van der Waals surface area contributed by atoms with Gasteiger partial charge < -0.3 is 19.2 Å². The maximum absolute atomic E-state index is 12.7. The first-order valence-corrected chi connectivity index (χ1v) is 8.32. The first kappa shape index (κ1) is 16.5. The number of rotatable bonds is 4. The van der Waals surface area contributed by atoms with E-state index in [1.807, 2.05) is 19.9 Å². The van der Waals surface area contributed by atoms with Gasteiger partial charge >= 0.3 is 11.8 Å². The summed E-state index contributed by atoms with van der Waals surface area (Å²) in [6.07, 6.45) is 1.70. The van der Waals surface area contributed by atoms with Gasteiger partial charge in [-0.25, -0.2) is 0 Å². The normalized spacial score (nSPS) is 21.8. The molecule has 2 aliphatic rings. The predicted octanol–water partition coefficient (Wildman–Crippen LogP) is 0.337. The van der Waals surface area contributed by atoms with E-state index in [0.717, 1.165) is 18.5 Å². The van der Waals surface area contributed by atoms with E-state index in [2.05, 4.69) is 5.16 Å². The fraction of sp³-hybridized carbons (Fsp3) is 0.625. The van der Waals surface area contributed by atoms with Crippen molar-refractivity contribution in [3.8, 4) is 0 Å². The molecule has 2 fully saturated rings. The zero-order chi connectivity index (χ0) is 17.3. The minimum Gasteiger partial charge on any atom is -0.359 e. The number of hydrogen-bond acceptors (Lipinski definition) is 5. The van der Waals surface area contributed by atoms with Crippen molar-refractivity contribution < 1.29 is 18.9 Å². The molecule has 2 aliphatic heterocycles. The molecule has 0 spiro atoms. The highest BCUT2D eigenvalue weighted by atomic mass is 16.5. The van der Waals surface area contributed by atoms with Crippen LogP contribution in [0.25, 0.3) is 0 Å². The average molecular weight is 334 g/mol. The molecule has 2 saturated heterocycles. The number of hydrogen-bond donors (Lipinski definition) is 0. The maximum atomic E-state index is 12.7. The van der Waals surface area contributed by atoms with Crippen molar-refractivity contribution >= 4 is 17.7 Å². The highest BCUT2D eigenvalue weighted by molar-refractivity contribution is 6.35. The summed E-state index contributed by atoms with van der Waals surface area (Å²) in [6.45, 7) is 5.60. The fourth-order valence-electron chi connectivity index (χ4n) is 3.32. The Morgan fingerprint density at radius 2 is 1.96 bits per heavy atom. The Bertz CT molecular complexity index is 656. The molecule has 0 unspecified atom stereocenters. The van der Waals surface area contributed by atoms with Gasteiger partial charge in [-0.1, -0.05) is 5.16 Å². The molecule has 0 bridgehead atoms. The van der Waals surface area contributed by atoms with Gasteiger partial charge in [-0.2, -0.15) is 0 Å². The molecule has 0 aliphatic carbocycles. The Morgan fingerprint density at radius 3 is 2.62 bits per heavy atom. The van der Waals surface area contributed by atoms with Crippen molar-refractivity contribution in [2.45, 2.75) is 32.7 Å². The first-order chi connectivity index (χ1) is 11.5. The molecule has 3 amide bonds. The van der Waals surface area contributed by atoms with Crippen LogP contribution in [-0.4, -0.2) is 70.3 Å². The minimum absolute atomic E-state index is 0.0637. The summed E-state index contributed by atoms with van der Waals surface area (Å²) in [5, 5.41) is 3.88. The number of amides is 3. The zero-order valence-electron chi connectivity index (χ0n) is 14.0. The van der Waals surface area contributed by atoms with Crippen LogP contribution in [0, 0.1) is 6.92 Å². The lowest BCUT2D eigenvalue weighted by Crippen LogP contribution is -2.56. The van der Waals surface area contributed by atoms with Crippen LogP contribution in [0.3, 0.4) is 0 Å². The first-order valence-electron chi connectivity index (χ1n) is 8.32. The van der Waals surface area contributed by atoms with Crippen molar-refractivity contribution in [2.24, 2.45) is 0 Å². The second kappa shape index (κ2) is 6.62. The molecule has 3 rings (SSSR count). The van der Waals surface area contributed by atoms with Gasteiger partial charge in [0.25, 0.3) is 0 Å². The van der Waals surface area contributed by atoms with Crippen LogP contribution in [-0.2, 0) is 14.4 Å². The summed E-state index contributed by atoms with van der Waals surface area (Å²) < 4.78 is 5.30. The Balaban J connectivity index is 1.66. The molecule has 0 radical (unpaired) electrons. The molecule has 24 heavy (non-hydrogen) atoms. The van der Waals surface area contributed by atoms with Gasteiger partial charge in [0.1, 0.15) is 6.54 Å². The van der Waals surface area contributed by atoms with Gasteiger partial charge in [-0.05, 0) is 26.7 Å². The summed E-state index contributed by atoms with van der Waals surface area (Å²) in [4.78, 5) is 41.3. The number of likely N-dealkylation sites (N-methyl/N-ethyl adjacent to an activating group) is 1. The Labute approximate surface area is 140 Å². The molecular formula is C16H22N4O4. The van der Waals surface area contributed by atoms with E-state index in [4.69, 9.17) is 4.52 Å². The molecule has 1 aromatic heterocycles. The molecular weight excluding hydrogens is 312 g/mol. The summed E-state index contributed by atoms with van der Waals surface area (Å²) in [5.41, 5.74) is 0.778. The highest BCUT2D eigenvalue weighted by Gasteiger charge is 2.37. The van der Waals surface area contributed by atoms with Crippen LogP contribution < -0.4 is 0 Å². The predicted molar refractivity (Wildman–Crippen MR) is 83.8 cm³/mol. The van der Waals surface area contributed by atoms with Crippen molar-refractivity contribution in [1.29, 1.82) is 0 Å². The molecule has 130 valence electrons. The lowest BCUT2D eigenvalue weighted by atomic mass is 10.1. The summed E-state index contributed by atoms with van der Waals surface area (Å²) in [6, 6.07) is 1.70. The fourth-order valence-corrected chi connectivity index (χ4v) is 3.32. The van der Waals surface area contributed by atoms with Gasteiger partial charge in [-0.3, -0.25) is 14.4 Å². The van der Waals surface area contributed by atoms with Gasteiger partial charge in [0, 0.05) is 32.2 Å². The second-order valence-corrected chi connectivity index (χ2v) is 6.23. The molecule has 0 N–H and O–H groups in total. The van der Waals surface area contributed by atoms with Gasteiger partial charge in [0.15, 0.2) is 5.76 Å². The quantitative estimate of drug-likeness (QED) is 0.741. The number of aryl methyl sites for hydroxylation is 1. The van der Waals surface area contributed by atoms with Crippen LogP contribution in [0.5, 0.6) is 0 Å². The number of carbonyl (C=O) groups is 3. The standard InChI is InChI=1S/C16H22N4O4/c1-3-18-7-8-19(16(23)15(18)22)10-14(21)20-6-4-5-12(20)13-9-11(2)17-24-13/h9,12H,3-8,10H2,1-2H3/t12-/m0/s1. The summed E-state index contributed by atoms with van der Waals surface area (Å²) >= 11 is 0. The topological polar surface area (TPSA) is 87.0 Å². The van der Waals surface area contributed by atoms with Gasteiger partial charge in [0.2, 0.25) is 5.91 Å². The van der Waals surface area contributed by atoms with Crippen molar-refractivity contribution in [1.82, 2.24) is 19.9 Å². The molecule has 0 aromatic carbocycles. The molecule has 3 heterocycles. The van der Waals surface area contributed by atoms with Crippen molar-refractivity contribution in [3.63, 3.8) is 0 Å². The van der Waals surface area contributed by atoms with Crippen LogP contribution in [0.15, 0.2) is 10.6 Å². The van der Waals surface area contributed by atoms with E-state index < -0.39 is 11.8 Å². The minimum atomic E-state index is -0.595. The molecule has 8 heteroatoms. The lowest BCUT2D eigenvalue weighted by molar-refractivity contribution is -0.157. The number of likely N-dealkylation sites (tertiary alicyclic amines) is 1. The van der Waals surface area contributed by atoms with Gasteiger partial charge in [-0.15, -0.1) is 0 Å². The Kier molecular flexibility index (Phi) is 4.55. The third kappa shape index (κ3) is 3.00. The van der Waals surface area contributed by atoms with Crippen LogP contribution >= 0.6 is 0 Å². The van der Waals surface area contributed by atoms with E-state index in [1.165, 1.54) is 9.80 Å². The van der Waals surface area contributed by atoms with E-state index >= 15 is 0 Å². The summed E-state index contributed by atoms with van der Waals surface area (Å²) in [5.74, 6) is -0.600. The molecule has 1 atom stereocenters. The average Bonchev–Trinajstić information content (AvgIpc) is 3.20. The van der Waals surface area contributed by atoms with E-state index in [9.17, 15) is 14.4 Å². The number of carbonyl (C=O) groups excluding carboxylic acids is 3. The second-order valence-electron chi connectivity index (χ2n) is 6.23. The van der Waals surface area contributed by atoms with E-state index in [1.54, 1.807) is 4.90 Å². The lowest BCUT2D eigenvalue weighted by Gasteiger charge is -2.34. The number of aromatic nitrogens is 1. The van der Waals surface area contributed by atoms with Crippen LogP contribution in [0.4, 0.5) is 0 Å². The highest BCUT2D eigenvalue weighted by Crippen LogP contribution is 2.32.